The highest BCUT2D eigenvalue weighted by Crippen LogP contribution is 2.36. The monoisotopic (exact) mass is 490 g/mol. The van der Waals surface area contributed by atoms with Crippen LogP contribution >= 0.6 is 0 Å². The van der Waals surface area contributed by atoms with Gasteiger partial charge >= 0.3 is 0 Å². The predicted octanol–water partition coefficient (Wildman–Crippen LogP) is 9.63. The predicted molar refractivity (Wildman–Crippen MR) is 161 cm³/mol. The van der Waals surface area contributed by atoms with Crippen molar-refractivity contribution in [1.82, 2.24) is 4.57 Å². The molecule has 0 spiro atoms. The minimum Gasteiger partial charge on any atom is -0.314 e. The van der Waals surface area contributed by atoms with E-state index in [1.54, 1.807) is 0 Å². The van der Waals surface area contributed by atoms with E-state index in [2.05, 4.69) is 143 Å². The molecule has 2 nitrogen and oxygen atoms in total. The van der Waals surface area contributed by atoms with Gasteiger partial charge in [-0.15, -0.1) is 0 Å². The molecule has 184 valence electrons. The van der Waals surface area contributed by atoms with Gasteiger partial charge in [0.05, 0.1) is 5.52 Å². The molecule has 0 N–H and O–H groups in total. The van der Waals surface area contributed by atoms with Crippen molar-refractivity contribution in [3.8, 4) is 16.8 Å². The molecule has 5 aromatic rings. The molecule has 0 atom stereocenters. The molecule has 7 rings (SSSR count). The molecule has 4 aromatic carbocycles. The zero-order valence-corrected chi connectivity index (χ0v) is 21.4. The lowest BCUT2D eigenvalue weighted by molar-refractivity contribution is 0.888. The van der Waals surface area contributed by atoms with Gasteiger partial charge in [-0.1, -0.05) is 85.0 Å². The van der Waals surface area contributed by atoms with E-state index >= 15 is 0 Å². The van der Waals surface area contributed by atoms with Gasteiger partial charge in [-0.3, -0.25) is 0 Å². The number of aromatic nitrogens is 1. The van der Waals surface area contributed by atoms with Crippen LogP contribution in [0.3, 0.4) is 0 Å². The third-order valence-electron chi connectivity index (χ3n) is 7.73. The van der Waals surface area contributed by atoms with Crippen LogP contribution in [0.2, 0.25) is 0 Å². The van der Waals surface area contributed by atoms with E-state index in [0.717, 1.165) is 25.7 Å². The van der Waals surface area contributed by atoms with Crippen LogP contribution < -0.4 is 4.90 Å². The second kappa shape index (κ2) is 9.72. The largest absolute Gasteiger partial charge is 0.314 e. The van der Waals surface area contributed by atoms with Crippen molar-refractivity contribution in [2.75, 3.05) is 4.90 Å². The number of nitrogens with zero attached hydrogens (tertiary/aromatic N) is 2. The number of anilines is 2. The molecule has 0 fully saturated rings. The SMILES string of the molecule is C1=CCCC(N(c2ccccc2)c2ccc(-c3ccc(-n4c5c(c6ccccc64)C=CCC5)cc3)cc2)=C1. The Labute approximate surface area is 224 Å². The van der Waals surface area contributed by atoms with E-state index < -0.39 is 0 Å². The summed E-state index contributed by atoms with van der Waals surface area (Å²) in [6, 6.07) is 37.5. The van der Waals surface area contributed by atoms with Crippen molar-refractivity contribution in [3.63, 3.8) is 0 Å². The Bertz CT molecular complexity index is 1680. The molecule has 0 unspecified atom stereocenters. The van der Waals surface area contributed by atoms with E-state index in [-0.39, 0.29) is 0 Å². The molecule has 0 amide bonds. The van der Waals surface area contributed by atoms with Gasteiger partial charge in [0, 0.05) is 39.4 Å². The minimum absolute atomic E-state index is 1.04. The Morgan fingerprint density at radius 2 is 1.29 bits per heavy atom. The van der Waals surface area contributed by atoms with Crippen LogP contribution in [-0.2, 0) is 6.42 Å². The van der Waals surface area contributed by atoms with Gasteiger partial charge in [-0.05, 0) is 85.4 Å². The van der Waals surface area contributed by atoms with E-state index in [0.29, 0.717) is 0 Å². The first-order valence-corrected chi connectivity index (χ1v) is 13.6. The van der Waals surface area contributed by atoms with Crippen molar-refractivity contribution in [2.24, 2.45) is 0 Å². The van der Waals surface area contributed by atoms with Crippen molar-refractivity contribution in [2.45, 2.75) is 25.7 Å². The highest BCUT2D eigenvalue weighted by atomic mass is 15.1. The van der Waals surface area contributed by atoms with Crippen LogP contribution in [0.1, 0.15) is 30.5 Å². The molecule has 1 aromatic heterocycles. The maximum Gasteiger partial charge on any atom is 0.0537 e. The first-order valence-electron chi connectivity index (χ1n) is 13.6. The topological polar surface area (TPSA) is 8.17 Å². The van der Waals surface area contributed by atoms with Crippen LogP contribution in [0, 0.1) is 0 Å². The average molecular weight is 491 g/mol. The molecule has 38 heavy (non-hydrogen) atoms. The van der Waals surface area contributed by atoms with Crippen LogP contribution in [0.4, 0.5) is 11.4 Å². The van der Waals surface area contributed by atoms with Crippen molar-refractivity contribution in [3.05, 3.63) is 144 Å². The molecular formula is C36H30N2. The number of allylic oxidation sites excluding steroid dienone is 5. The van der Waals surface area contributed by atoms with Crippen LogP contribution in [0.5, 0.6) is 0 Å². The van der Waals surface area contributed by atoms with Gasteiger partial charge < -0.3 is 9.47 Å². The lowest BCUT2D eigenvalue weighted by Gasteiger charge is -2.29. The molecule has 0 bridgehead atoms. The first-order chi connectivity index (χ1) is 18.9. The molecule has 2 aliphatic rings. The number of para-hydroxylation sites is 2. The third-order valence-corrected chi connectivity index (χ3v) is 7.73. The van der Waals surface area contributed by atoms with Gasteiger partial charge in [0.15, 0.2) is 0 Å². The molecule has 0 radical (unpaired) electrons. The summed E-state index contributed by atoms with van der Waals surface area (Å²) >= 11 is 0. The Balaban J connectivity index is 1.22. The van der Waals surface area contributed by atoms with Crippen LogP contribution in [0.15, 0.2) is 133 Å². The normalized spacial score (nSPS) is 14.4. The van der Waals surface area contributed by atoms with Crippen LogP contribution in [0.25, 0.3) is 33.8 Å². The summed E-state index contributed by atoms with van der Waals surface area (Å²) in [5.74, 6) is 0. The van der Waals surface area contributed by atoms with Crippen molar-refractivity contribution in [1.29, 1.82) is 0 Å². The highest BCUT2D eigenvalue weighted by molar-refractivity contribution is 5.93. The fraction of sp³-hybridized carbons (Fsp3) is 0.111. The standard InChI is InChI=1S/C36H30N2/c1-3-11-29(12-4-1)37(30-13-5-2-6-14-30)31-23-19-27(20-24-31)28-21-25-32(26-22-28)38-35-17-9-7-15-33(35)34-16-8-10-18-36(34)38/h1-5,7-9,11-13,15-17,19-26H,6,10,14,18H2. The number of hydrogen-bond donors (Lipinski definition) is 0. The lowest BCUT2D eigenvalue weighted by atomic mass is 10.0. The number of benzene rings is 4. The Kier molecular flexibility index (Phi) is 5.79. The Hall–Kier alpha value is -4.56. The van der Waals surface area contributed by atoms with E-state index in [1.807, 2.05) is 0 Å². The van der Waals surface area contributed by atoms with Crippen molar-refractivity contribution < 1.29 is 0 Å². The van der Waals surface area contributed by atoms with Crippen molar-refractivity contribution >= 4 is 28.4 Å². The first kappa shape index (κ1) is 22.6. The maximum absolute atomic E-state index is 2.45. The highest BCUT2D eigenvalue weighted by Gasteiger charge is 2.18. The molecular weight excluding hydrogens is 460 g/mol. The minimum atomic E-state index is 1.04. The quantitative estimate of drug-likeness (QED) is 0.238. The molecule has 0 saturated heterocycles. The lowest BCUT2D eigenvalue weighted by Crippen LogP contribution is -2.17. The summed E-state index contributed by atoms with van der Waals surface area (Å²) in [4.78, 5) is 2.38. The zero-order valence-electron chi connectivity index (χ0n) is 21.4. The Morgan fingerprint density at radius 3 is 2.05 bits per heavy atom. The van der Waals surface area contributed by atoms with E-state index in [9.17, 15) is 0 Å². The van der Waals surface area contributed by atoms with E-state index in [4.69, 9.17) is 0 Å². The third kappa shape index (κ3) is 3.99. The van der Waals surface area contributed by atoms with Gasteiger partial charge in [0.25, 0.3) is 0 Å². The number of hydrogen-bond acceptors (Lipinski definition) is 1. The zero-order chi connectivity index (χ0) is 25.3. The molecule has 0 aliphatic heterocycles. The average Bonchev–Trinajstić information content (AvgIpc) is 3.33. The van der Waals surface area contributed by atoms with E-state index in [1.165, 1.54) is 56.0 Å². The number of rotatable bonds is 5. The van der Waals surface area contributed by atoms with Crippen LogP contribution in [-0.4, -0.2) is 4.57 Å². The maximum atomic E-state index is 2.45. The Morgan fingerprint density at radius 1 is 0.605 bits per heavy atom. The molecule has 0 saturated carbocycles. The second-order valence-corrected chi connectivity index (χ2v) is 10.0. The number of fused-ring (bicyclic) bond motifs is 3. The fourth-order valence-corrected chi connectivity index (χ4v) is 5.91. The van der Waals surface area contributed by atoms with Gasteiger partial charge in [0.1, 0.15) is 0 Å². The fourth-order valence-electron chi connectivity index (χ4n) is 5.91. The summed E-state index contributed by atoms with van der Waals surface area (Å²) in [5, 5.41) is 1.34. The smallest absolute Gasteiger partial charge is 0.0537 e. The van der Waals surface area contributed by atoms with Gasteiger partial charge in [0.2, 0.25) is 0 Å². The summed E-state index contributed by atoms with van der Waals surface area (Å²) in [6.45, 7) is 0. The summed E-state index contributed by atoms with van der Waals surface area (Å²) < 4.78 is 2.45. The summed E-state index contributed by atoms with van der Waals surface area (Å²) in [5.41, 5.74) is 11.5. The van der Waals surface area contributed by atoms with Gasteiger partial charge in [-0.25, -0.2) is 0 Å². The molecule has 2 aliphatic carbocycles. The summed E-state index contributed by atoms with van der Waals surface area (Å²) in [7, 11) is 0. The second-order valence-electron chi connectivity index (χ2n) is 10.0. The molecule has 2 heteroatoms. The van der Waals surface area contributed by atoms with Gasteiger partial charge in [-0.2, -0.15) is 0 Å². The summed E-state index contributed by atoms with van der Waals surface area (Å²) in [6.07, 6.45) is 15.5. The molecule has 1 heterocycles.